The number of aryl methyl sites for hydroxylation is 1. The molecule has 0 aliphatic carbocycles. The Morgan fingerprint density at radius 1 is 1.52 bits per heavy atom. The molecule has 0 atom stereocenters. The molecule has 114 valence electrons. The number of fused-ring (bicyclic) bond motifs is 1. The third-order valence-electron chi connectivity index (χ3n) is 3.42. The van der Waals surface area contributed by atoms with Crippen molar-refractivity contribution in [3.63, 3.8) is 0 Å². The fourth-order valence-electron chi connectivity index (χ4n) is 2.40. The van der Waals surface area contributed by atoms with E-state index >= 15 is 0 Å². The van der Waals surface area contributed by atoms with E-state index in [4.69, 9.17) is 14.6 Å². The highest BCUT2D eigenvalue weighted by Crippen LogP contribution is 2.23. The monoisotopic (exact) mass is 292 g/mol. The van der Waals surface area contributed by atoms with Crippen molar-refractivity contribution >= 4 is 23.2 Å². The molecular weight excluding hydrogens is 272 g/mol. The molecule has 7 heteroatoms. The minimum atomic E-state index is -0.250. The van der Waals surface area contributed by atoms with Gasteiger partial charge in [-0.3, -0.25) is 4.79 Å². The molecule has 0 radical (unpaired) electrons. The summed E-state index contributed by atoms with van der Waals surface area (Å²) in [6.45, 7) is 4.37. The van der Waals surface area contributed by atoms with Crippen LogP contribution in [0.5, 0.6) is 0 Å². The maximum atomic E-state index is 8.36. The van der Waals surface area contributed by atoms with E-state index in [1.54, 1.807) is 0 Å². The van der Waals surface area contributed by atoms with Crippen molar-refractivity contribution in [2.45, 2.75) is 32.4 Å². The number of nitrogens with zero attached hydrogens (tertiary/aromatic N) is 3. The van der Waals surface area contributed by atoms with Gasteiger partial charge in [-0.15, -0.1) is 0 Å². The lowest BCUT2D eigenvalue weighted by Crippen LogP contribution is -2.27. The summed E-state index contributed by atoms with van der Waals surface area (Å²) in [6.07, 6.45) is 5.86. The molecule has 21 heavy (non-hydrogen) atoms. The van der Waals surface area contributed by atoms with Crippen molar-refractivity contribution in [2.75, 3.05) is 18.5 Å². The second kappa shape index (κ2) is 7.58. The van der Waals surface area contributed by atoms with Crippen LogP contribution in [-0.4, -0.2) is 45.6 Å². The van der Waals surface area contributed by atoms with Gasteiger partial charge in [-0.1, -0.05) is 0 Å². The number of aromatic nitrogens is 3. The minimum absolute atomic E-state index is 0.250. The molecule has 0 saturated carbocycles. The number of pyridine rings is 1. The lowest BCUT2D eigenvalue weighted by Gasteiger charge is -2.24. The molecule has 0 amide bonds. The van der Waals surface area contributed by atoms with Gasteiger partial charge in [-0.05, 0) is 25.8 Å². The molecule has 0 aromatic carbocycles. The smallest absolute Gasteiger partial charge is 0.290 e. The Labute approximate surface area is 122 Å². The summed E-state index contributed by atoms with van der Waals surface area (Å²) in [4.78, 5) is 12.8. The Balaban J connectivity index is 0.000000497. The molecule has 1 aliphatic rings. The van der Waals surface area contributed by atoms with E-state index < -0.39 is 0 Å². The Hall–Kier alpha value is -2.15. The van der Waals surface area contributed by atoms with Gasteiger partial charge in [0.1, 0.15) is 0 Å². The number of hydrogen-bond acceptors (Lipinski definition) is 5. The molecule has 3 heterocycles. The standard InChI is InChI=1S/C13H18N4O.CH2O2/c1-2-17-13-11(9-15-17)12(3-6-14-13)16-10-4-7-18-8-5-10;2-1-3/h3,6,9-10H,2,4-5,7-8H2,1H3,(H,14,16);1H,(H,2,3). The van der Waals surface area contributed by atoms with Crippen molar-refractivity contribution < 1.29 is 14.6 Å². The summed E-state index contributed by atoms with van der Waals surface area (Å²) in [5.41, 5.74) is 2.08. The number of anilines is 1. The lowest BCUT2D eigenvalue weighted by atomic mass is 10.1. The van der Waals surface area contributed by atoms with Gasteiger partial charge >= 0.3 is 0 Å². The summed E-state index contributed by atoms with van der Waals surface area (Å²) in [7, 11) is 0. The Morgan fingerprint density at radius 2 is 2.24 bits per heavy atom. The third-order valence-corrected chi connectivity index (χ3v) is 3.42. The molecule has 3 rings (SSSR count). The van der Waals surface area contributed by atoms with E-state index in [0.717, 1.165) is 49.3 Å². The van der Waals surface area contributed by atoms with Crippen LogP contribution in [0.2, 0.25) is 0 Å². The predicted molar refractivity (Wildman–Crippen MR) is 79.4 cm³/mol. The Kier molecular flexibility index (Phi) is 5.51. The first kappa shape index (κ1) is 15.2. The highest BCUT2D eigenvalue weighted by atomic mass is 16.5. The van der Waals surface area contributed by atoms with Crippen molar-refractivity contribution in [2.24, 2.45) is 0 Å². The second-order valence-electron chi connectivity index (χ2n) is 4.69. The summed E-state index contributed by atoms with van der Waals surface area (Å²) >= 11 is 0. The van der Waals surface area contributed by atoms with Gasteiger partial charge in [0.15, 0.2) is 5.65 Å². The van der Waals surface area contributed by atoms with Crippen molar-refractivity contribution in [3.8, 4) is 0 Å². The number of carbonyl (C=O) groups is 1. The van der Waals surface area contributed by atoms with Crippen molar-refractivity contribution in [1.29, 1.82) is 0 Å². The summed E-state index contributed by atoms with van der Waals surface area (Å²) in [5.74, 6) is 0. The van der Waals surface area contributed by atoms with E-state index in [1.165, 1.54) is 0 Å². The molecule has 2 aromatic rings. The number of ether oxygens (including phenoxy) is 1. The number of nitrogens with one attached hydrogen (secondary N) is 1. The van der Waals surface area contributed by atoms with E-state index in [0.29, 0.717) is 6.04 Å². The van der Waals surface area contributed by atoms with Crippen LogP contribution in [0.4, 0.5) is 5.69 Å². The average Bonchev–Trinajstić information content (AvgIpc) is 2.93. The molecule has 1 saturated heterocycles. The highest BCUT2D eigenvalue weighted by molar-refractivity contribution is 5.88. The topological polar surface area (TPSA) is 89.3 Å². The highest BCUT2D eigenvalue weighted by Gasteiger charge is 2.15. The van der Waals surface area contributed by atoms with Gasteiger partial charge in [0.2, 0.25) is 0 Å². The zero-order valence-corrected chi connectivity index (χ0v) is 12.0. The number of hydrogen-bond donors (Lipinski definition) is 2. The van der Waals surface area contributed by atoms with E-state index in [1.807, 2.05) is 23.1 Å². The van der Waals surface area contributed by atoms with Crippen LogP contribution in [0.15, 0.2) is 18.5 Å². The van der Waals surface area contributed by atoms with Crippen LogP contribution >= 0.6 is 0 Å². The van der Waals surface area contributed by atoms with E-state index in [2.05, 4.69) is 22.3 Å². The first-order valence-corrected chi connectivity index (χ1v) is 7.02. The largest absolute Gasteiger partial charge is 0.483 e. The van der Waals surface area contributed by atoms with Crippen LogP contribution in [0.3, 0.4) is 0 Å². The van der Waals surface area contributed by atoms with Gasteiger partial charge in [0.05, 0.1) is 11.6 Å². The molecule has 7 nitrogen and oxygen atoms in total. The normalized spacial score (nSPS) is 15.3. The average molecular weight is 292 g/mol. The SMILES string of the molecule is CCn1ncc2c(NC3CCOCC3)ccnc21.O=CO. The predicted octanol–water partition coefficient (Wildman–Crippen LogP) is 1.74. The van der Waals surface area contributed by atoms with Crippen molar-refractivity contribution in [3.05, 3.63) is 18.5 Å². The van der Waals surface area contributed by atoms with Crippen LogP contribution in [-0.2, 0) is 16.1 Å². The minimum Gasteiger partial charge on any atom is -0.483 e. The Bertz CT molecular complexity index is 579. The quantitative estimate of drug-likeness (QED) is 0.838. The fraction of sp³-hybridized carbons (Fsp3) is 0.500. The second-order valence-corrected chi connectivity index (χ2v) is 4.69. The maximum absolute atomic E-state index is 8.36. The van der Waals surface area contributed by atoms with Crippen LogP contribution < -0.4 is 5.32 Å². The molecule has 1 aliphatic heterocycles. The molecule has 0 bridgehead atoms. The van der Waals surface area contributed by atoms with Gasteiger partial charge in [-0.2, -0.15) is 5.10 Å². The summed E-state index contributed by atoms with van der Waals surface area (Å²) in [5, 5.41) is 15.9. The Morgan fingerprint density at radius 3 is 2.90 bits per heavy atom. The first-order valence-electron chi connectivity index (χ1n) is 7.02. The van der Waals surface area contributed by atoms with Crippen molar-refractivity contribution in [1.82, 2.24) is 14.8 Å². The lowest BCUT2D eigenvalue weighted by molar-refractivity contribution is -0.122. The first-order chi connectivity index (χ1) is 10.3. The zero-order valence-electron chi connectivity index (χ0n) is 12.0. The van der Waals surface area contributed by atoms with Gasteiger partial charge in [-0.25, -0.2) is 9.67 Å². The molecule has 0 unspecified atom stereocenters. The third kappa shape index (κ3) is 3.69. The van der Waals surface area contributed by atoms with Gasteiger partial charge in [0, 0.05) is 37.7 Å². The molecule has 0 spiro atoms. The van der Waals surface area contributed by atoms with Crippen LogP contribution in [0.1, 0.15) is 19.8 Å². The van der Waals surface area contributed by atoms with Gasteiger partial charge < -0.3 is 15.2 Å². The zero-order chi connectivity index (χ0) is 15.1. The van der Waals surface area contributed by atoms with Gasteiger partial charge in [0.25, 0.3) is 6.47 Å². The molecule has 2 N–H and O–H groups in total. The number of carboxylic acid groups (broad SMARTS) is 1. The molecular formula is C14H20N4O3. The molecule has 2 aromatic heterocycles. The maximum Gasteiger partial charge on any atom is 0.290 e. The fourth-order valence-corrected chi connectivity index (χ4v) is 2.40. The van der Waals surface area contributed by atoms with E-state index in [9.17, 15) is 0 Å². The summed E-state index contributed by atoms with van der Waals surface area (Å²) in [6, 6.07) is 2.52. The molecule has 1 fully saturated rings. The summed E-state index contributed by atoms with van der Waals surface area (Å²) < 4.78 is 7.30. The van der Waals surface area contributed by atoms with E-state index in [-0.39, 0.29) is 6.47 Å². The van der Waals surface area contributed by atoms with Crippen LogP contribution in [0.25, 0.3) is 11.0 Å². The number of rotatable bonds is 3. The van der Waals surface area contributed by atoms with Crippen LogP contribution in [0, 0.1) is 0 Å².